The molecule has 2 aromatic heterocycles. The molecule has 1 aliphatic carbocycles. The maximum Gasteiger partial charge on any atom is 0.154 e. The smallest absolute Gasteiger partial charge is 0.154 e. The van der Waals surface area contributed by atoms with Crippen molar-refractivity contribution in [1.29, 1.82) is 0 Å². The Hall–Kier alpha value is -1.55. The van der Waals surface area contributed by atoms with E-state index in [9.17, 15) is 0 Å². The van der Waals surface area contributed by atoms with Crippen molar-refractivity contribution in [3.63, 3.8) is 0 Å². The Balaban J connectivity index is 1.67. The average molecular weight is 231 g/mol. The molecule has 17 heavy (non-hydrogen) atoms. The molecule has 2 N–H and O–H groups in total. The fourth-order valence-electron chi connectivity index (χ4n) is 1.98. The first kappa shape index (κ1) is 10.6. The van der Waals surface area contributed by atoms with E-state index in [1.807, 2.05) is 19.1 Å². The molecular formula is C13H17N3O. The molecular weight excluding hydrogens is 214 g/mol. The Morgan fingerprint density at radius 3 is 3.12 bits per heavy atom. The third-order valence-corrected chi connectivity index (χ3v) is 3.11. The van der Waals surface area contributed by atoms with Crippen LogP contribution in [0.4, 0.5) is 0 Å². The minimum absolute atomic E-state index is 0.804. The molecule has 1 fully saturated rings. The molecule has 0 amide bonds. The number of furan rings is 1. The summed E-state index contributed by atoms with van der Waals surface area (Å²) in [5.74, 6) is 2.71. The number of nitrogens with one attached hydrogen (secondary N) is 2. The highest BCUT2D eigenvalue weighted by Crippen LogP contribution is 2.27. The molecule has 1 aliphatic rings. The number of nitrogens with zero attached hydrogens (tertiary/aromatic N) is 1. The molecule has 3 rings (SSSR count). The maximum absolute atomic E-state index is 5.36. The zero-order valence-electron chi connectivity index (χ0n) is 9.99. The third-order valence-electron chi connectivity index (χ3n) is 3.11. The molecule has 4 nitrogen and oxygen atoms in total. The van der Waals surface area contributed by atoms with Crippen molar-refractivity contribution >= 4 is 0 Å². The highest BCUT2D eigenvalue weighted by molar-refractivity contribution is 5.55. The molecule has 2 heterocycles. The molecule has 1 saturated carbocycles. The first-order valence-electron chi connectivity index (χ1n) is 6.13. The van der Waals surface area contributed by atoms with E-state index >= 15 is 0 Å². The van der Waals surface area contributed by atoms with E-state index in [1.165, 1.54) is 12.8 Å². The molecule has 90 valence electrons. The standard InChI is InChI=1S/C13H17N3O/c1-9-13(11-3-2-6-17-11)16-12(15-9)8-14-7-10-4-5-10/h2-3,6,10,14H,4-5,7-8H2,1H3,(H,15,16). The number of hydrogen-bond acceptors (Lipinski definition) is 3. The number of aromatic nitrogens is 2. The van der Waals surface area contributed by atoms with E-state index in [4.69, 9.17) is 4.42 Å². The molecule has 0 spiro atoms. The van der Waals surface area contributed by atoms with Gasteiger partial charge in [-0.25, -0.2) is 4.98 Å². The van der Waals surface area contributed by atoms with Gasteiger partial charge in [0.1, 0.15) is 11.5 Å². The van der Waals surface area contributed by atoms with E-state index in [0.29, 0.717) is 0 Å². The summed E-state index contributed by atoms with van der Waals surface area (Å²) >= 11 is 0. The van der Waals surface area contributed by atoms with Gasteiger partial charge < -0.3 is 14.7 Å². The first-order chi connectivity index (χ1) is 8.33. The molecule has 0 unspecified atom stereocenters. The molecule has 0 atom stereocenters. The van der Waals surface area contributed by atoms with E-state index < -0.39 is 0 Å². The van der Waals surface area contributed by atoms with Crippen LogP contribution in [0.15, 0.2) is 22.8 Å². The summed E-state index contributed by atoms with van der Waals surface area (Å²) < 4.78 is 5.36. The second kappa shape index (κ2) is 4.37. The monoisotopic (exact) mass is 231 g/mol. The normalized spacial score (nSPS) is 15.4. The van der Waals surface area contributed by atoms with Crippen molar-refractivity contribution in [3.8, 4) is 11.5 Å². The molecule has 2 aromatic rings. The van der Waals surface area contributed by atoms with Gasteiger partial charge in [-0.15, -0.1) is 0 Å². The number of rotatable bonds is 5. The summed E-state index contributed by atoms with van der Waals surface area (Å²) in [5.41, 5.74) is 1.97. The number of aryl methyl sites for hydroxylation is 1. The lowest BCUT2D eigenvalue weighted by molar-refractivity contribution is 0.579. The number of H-pyrrole nitrogens is 1. The summed E-state index contributed by atoms with van der Waals surface area (Å²) in [7, 11) is 0. The van der Waals surface area contributed by atoms with Crippen LogP contribution < -0.4 is 5.32 Å². The number of hydrogen-bond donors (Lipinski definition) is 2. The summed E-state index contributed by atoms with van der Waals surface area (Å²) in [4.78, 5) is 7.85. The van der Waals surface area contributed by atoms with Gasteiger partial charge in [-0.3, -0.25) is 0 Å². The summed E-state index contributed by atoms with van der Waals surface area (Å²) in [6, 6.07) is 3.82. The summed E-state index contributed by atoms with van der Waals surface area (Å²) in [6.45, 7) is 3.93. The second-order valence-corrected chi connectivity index (χ2v) is 4.71. The fraction of sp³-hybridized carbons (Fsp3) is 0.462. The maximum atomic E-state index is 5.36. The molecule has 0 saturated heterocycles. The molecule has 0 aromatic carbocycles. The second-order valence-electron chi connectivity index (χ2n) is 4.71. The van der Waals surface area contributed by atoms with Gasteiger partial charge in [0.15, 0.2) is 5.76 Å². The van der Waals surface area contributed by atoms with E-state index in [0.717, 1.165) is 42.0 Å². The predicted molar refractivity (Wildman–Crippen MR) is 65.5 cm³/mol. The van der Waals surface area contributed by atoms with Crippen molar-refractivity contribution < 1.29 is 4.42 Å². The van der Waals surface area contributed by atoms with Crippen molar-refractivity contribution in [2.24, 2.45) is 5.92 Å². The highest BCUT2D eigenvalue weighted by Gasteiger charge is 2.20. The minimum Gasteiger partial charge on any atom is -0.463 e. The van der Waals surface area contributed by atoms with E-state index in [1.54, 1.807) is 6.26 Å². The first-order valence-corrected chi connectivity index (χ1v) is 6.13. The van der Waals surface area contributed by atoms with Gasteiger partial charge in [0.05, 0.1) is 12.8 Å². The zero-order chi connectivity index (χ0) is 11.7. The minimum atomic E-state index is 0.804. The summed E-state index contributed by atoms with van der Waals surface area (Å²) in [5, 5.41) is 3.43. The van der Waals surface area contributed by atoms with Crippen LogP contribution in [0.5, 0.6) is 0 Å². The largest absolute Gasteiger partial charge is 0.463 e. The van der Waals surface area contributed by atoms with Crippen LogP contribution in [0.1, 0.15) is 24.4 Å². The summed E-state index contributed by atoms with van der Waals surface area (Å²) in [6.07, 6.45) is 4.43. The zero-order valence-corrected chi connectivity index (χ0v) is 9.99. The fourth-order valence-corrected chi connectivity index (χ4v) is 1.98. The van der Waals surface area contributed by atoms with Crippen LogP contribution in [0.3, 0.4) is 0 Å². The van der Waals surface area contributed by atoms with Gasteiger partial charge in [-0.05, 0) is 44.4 Å². The Labute approximate surface area is 100 Å². The van der Waals surface area contributed by atoms with Crippen LogP contribution in [0.2, 0.25) is 0 Å². The Kier molecular flexibility index (Phi) is 2.73. The number of aromatic amines is 1. The van der Waals surface area contributed by atoms with Crippen molar-refractivity contribution in [3.05, 3.63) is 29.9 Å². The van der Waals surface area contributed by atoms with E-state index in [2.05, 4.69) is 15.3 Å². The van der Waals surface area contributed by atoms with Crippen LogP contribution in [0.25, 0.3) is 11.5 Å². The van der Waals surface area contributed by atoms with Gasteiger partial charge in [0, 0.05) is 5.69 Å². The van der Waals surface area contributed by atoms with Crippen LogP contribution in [-0.4, -0.2) is 16.5 Å². The van der Waals surface area contributed by atoms with Gasteiger partial charge in [-0.1, -0.05) is 0 Å². The van der Waals surface area contributed by atoms with Crippen LogP contribution in [0, 0.1) is 12.8 Å². The van der Waals surface area contributed by atoms with Crippen molar-refractivity contribution in [2.45, 2.75) is 26.3 Å². The Morgan fingerprint density at radius 2 is 2.41 bits per heavy atom. The third kappa shape index (κ3) is 2.42. The van der Waals surface area contributed by atoms with Crippen molar-refractivity contribution in [2.75, 3.05) is 6.54 Å². The van der Waals surface area contributed by atoms with E-state index in [-0.39, 0.29) is 0 Å². The lowest BCUT2D eigenvalue weighted by atomic mass is 10.3. The van der Waals surface area contributed by atoms with Gasteiger partial charge in [0.2, 0.25) is 0 Å². The molecule has 4 heteroatoms. The SMILES string of the molecule is Cc1[nH]c(CNCC2CC2)nc1-c1ccco1. The molecule has 0 radical (unpaired) electrons. The Morgan fingerprint density at radius 1 is 1.53 bits per heavy atom. The lowest BCUT2D eigenvalue weighted by Crippen LogP contribution is -2.16. The van der Waals surface area contributed by atoms with Gasteiger partial charge in [0.25, 0.3) is 0 Å². The van der Waals surface area contributed by atoms with Gasteiger partial charge >= 0.3 is 0 Å². The topological polar surface area (TPSA) is 53.9 Å². The number of imidazole rings is 1. The van der Waals surface area contributed by atoms with Crippen molar-refractivity contribution in [1.82, 2.24) is 15.3 Å². The van der Waals surface area contributed by atoms with Gasteiger partial charge in [-0.2, -0.15) is 0 Å². The lowest BCUT2D eigenvalue weighted by Gasteiger charge is -1.99. The quantitative estimate of drug-likeness (QED) is 0.831. The average Bonchev–Trinajstić information content (AvgIpc) is 2.85. The molecule has 0 aliphatic heterocycles. The molecule has 0 bridgehead atoms. The van der Waals surface area contributed by atoms with Crippen LogP contribution in [-0.2, 0) is 6.54 Å². The predicted octanol–water partition coefficient (Wildman–Crippen LogP) is 2.48. The van der Waals surface area contributed by atoms with Crippen LogP contribution >= 0.6 is 0 Å². The highest BCUT2D eigenvalue weighted by atomic mass is 16.3. The Bertz CT molecular complexity index is 483.